The first-order valence-corrected chi connectivity index (χ1v) is 5.49. The third-order valence-electron chi connectivity index (χ3n) is 2.33. The van der Waals surface area contributed by atoms with Crippen molar-refractivity contribution in [3.05, 3.63) is 15.9 Å². The van der Waals surface area contributed by atoms with Crippen LogP contribution >= 0.6 is 15.9 Å². The first-order valence-electron chi connectivity index (χ1n) is 4.69. The Morgan fingerprint density at radius 2 is 1.88 bits per heavy atom. The van der Waals surface area contributed by atoms with Gasteiger partial charge in [0.25, 0.3) is 0 Å². The fraction of sp³-hybridized carbons (Fsp3) is 0.667. The largest absolute Gasteiger partial charge is 0.412 e. The fourth-order valence-corrected chi connectivity index (χ4v) is 1.83. The molecule has 2 atom stereocenters. The predicted molar refractivity (Wildman–Crippen MR) is 58.1 cm³/mol. The maximum atomic E-state index is 12.8. The van der Waals surface area contributed by atoms with Crippen molar-refractivity contribution in [2.45, 2.75) is 39.0 Å². The van der Waals surface area contributed by atoms with Gasteiger partial charge in [0.05, 0.1) is 15.9 Å². The number of hydrogen-bond donors (Lipinski definition) is 1. The van der Waals surface area contributed by atoms with Crippen LogP contribution in [-0.4, -0.2) is 22.0 Å². The molecule has 0 saturated heterocycles. The molecule has 0 aliphatic carbocycles. The summed E-state index contributed by atoms with van der Waals surface area (Å²) in [7, 11) is 0. The number of nitrogens with zero attached hydrogens (tertiary/aromatic N) is 2. The molecule has 7 heteroatoms. The van der Waals surface area contributed by atoms with E-state index in [-0.39, 0.29) is 0 Å². The molecule has 1 rings (SSSR count). The van der Waals surface area contributed by atoms with Crippen LogP contribution in [0.5, 0.6) is 0 Å². The van der Waals surface area contributed by atoms with Crippen LogP contribution in [0.4, 0.5) is 13.2 Å². The van der Waals surface area contributed by atoms with E-state index in [9.17, 15) is 13.2 Å². The molecular formula is C9H13BrF3N3. The van der Waals surface area contributed by atoms with Gasteiger partial charge >= 0.3 is 6.18 Å². The quantitative estimate of drug-likeness (QED) is 0.912. The van der Waals surface area contributed by atoms with Gasteiger partial charge in [-0.05, 0) is 36.7 Å². The van der Waals surface area contributed by atoms with Crippen molar-refractivity contribution in [2.75, 3.05) is 0 Å². The average molecular weight is 300 g/mol. The lowest BCUT2D eigenvalue weighted by molar-refractivity contribution is -0.174. The zero-order valence-corrected chi connectivity index (χ0v) is 10.7. The number of halogens is 4. The molecule has 1 aromatic heterocycles. The van der Waals surface area contributed by atoms with E-state index in [2.05, 4.69) is 21.0 Å². The molecule has 92 valence electrons. The van der Waals surface area contributed by atoms with E-state index < -0.39 is 18.3 Å². The van der Waals surface area contributed by atoms with Gasteiger partial charge in [-0.1, -0.05) is 0 Å². The zero-order chi connectivity index (χ0) is 12.7. The van der Waals surface area contributed by atoms with Crippen LogP contribution in [0.1, 0.15) is 24.4 Å². The van der Waals surface area contributed by atoms with Crippen LogP contribution in [0, 0.1) is 13.8 Å². The Balaban J connectivity index is 3.28. The van der Waals surface area contributed by atoms with Crippen LogP contribution in [0.25, 0.3) is 0 Å². The summed E-state index contributed by atoms with van der Waals surface area (Å²) in [5.74, 6) is 0. The number of aryl methyl sites for hydroxylation is 1. The molecule has 0 amide bonds. The Morgan fingerprint density at radius 1 is 1.38 bits per heavy atom. The molecule has 0 spiro atoms. The molecule has 0 aliphatic heterocycles. The summed E-state index contributed by atoms with van der Waals surface area (Å²) >= 11 is 3.19. The van der Waals surface area contributed by atoms with Gasteiger partial charge in [-0.2, -0.15) is 18.3 Å². The van der Waals surface area contributed by atoms with Gasteiger partial charge < -0.3 is 5.73 Å². The van der Waals surface area contributed by atoms with Gasteiger partial charge in [0, 0.05) is 6.04 Å². The van der Waals surface area contributed by atoms with Gasteiger partial charge in [0.15, 0.2) is 6.04 Å². The van der Waals surface area contributed by atoms with Crippen LogP contribution < -0.4 is 5.73 Å². The molecule has 0 aliphatic rings. The van der Waals surface area contributed by atoms with Crippen LogP contribution in [0.2, 0.25) is 0 Å². The van der Waals surface area contributed by atoms with Gasteiger partial charge in [-0.25, -0.2) is 0 Å². The minimum Gasteiger partial charge on any atom is -0.326 e. The Hall–Kier alpha value is -0.560. The Labute approximate surface area is 99.9 Å². The van der Waals surface area contributed by atoms with Gasteiger partial charge in [0.2, 0.25) is 0 Å². The summed E-state index contributed by atoms with van der Waals surface area (Å²) in [5.41, 5.74) is 6.34. The lowest BCUT2D eigenvalue weighted by atomic mass is 10.1. The second-order valence-corrected chi connectivity index (χ2v) is 4.57. The molecule has 0 radical (unpaired) electrons. The molecule has 2 N–H and O–H groups in total. The van der Waals surface area contributed by atoms with E-state index in [0.717, 1.165) is 4.68 Å². The average Bonchev–Trinajstić information content (AvgIpc) is 2.31. The minimum atomic E-state index is -4.41. The van der Waals surface area contributed by atoms with Crippen molar-refractivity contribution in [3.8, 4) is 0 Å². The fourth-order valence-electron chi connectivity index (χ4n) is 1.57. The van der Waals surface area contributed by atoms with E-state index in [1.807, 2.05) is 0 Å². The Morgan fingerprint density at radius 3 is 2.12 bits per heavy atom. The standard InChI is InChI=1S/C9H13BrF3N3/c1-4(14)8(9(11,12)13)16-6(3)7(10)5(2)15-16/h4,8H,14H2,1-3H3. The smallest absolute Gasteiger partial charge is 0.326 e. The first-order chi connectivity index (χ1) is 7.16. The van der Waals surface area contributed by atoms with E-state index in [1.54, 1.807) is 13.8 Å². The summed E-state index contributed by atoms with van der Waals surface area (Å²) in [4.78, 5) is 0. The minimum absolute atomic E-state index is 0.428. The zero-order valence-electron chi connectivity index (χ0n) is 9.14. The maximum absolute atomic E-state index is 12.8. The normalized spacial score (nSPS) is 16.2. The van der Waals surface area contributed by atoms with E-state index in [0.29, 0.717) is 15.9 Å². The van der Waals surface area contributed by atoms with Crippen LogP contribution in [-0.2, 0) is 0 Å². The van der Waals surface area contributed by atoms with Crippen molar-refractivity contribution >= 4 is 15.9 Å². The van der Waals surface area contributed by atoms with Gasteiger partial charge in [-0.3, -0.25) is 4.68 Å². The number of rotatable bonds is 2. The van der Waals surface area contributed by atoms with Crippen molar-refractivity contribution in [1.29, 1.82) is 0 Å². The molecule has 0 aromatic carbocycles. The molecular weight excluding hydrogens is 287 g/mol. The monoisotopic (exact) mass is 299 g/mol. The highest BCUT2D eigenvalue weighted by Crippen LogP contribution is 2.35. The highest BCUT2D eigenvalue weighted by Gasteiger charge is 2.45. The van der Waals surface area contributed by atoms with Crippen molar-refractivity contribution < 1.29 is 13.2 Å². The highest BCUT2D eigenvalue weighted by molar-refractivity contribution is 9.10. The second kappa shape index (κ2) is 4.37. The molecule has 2 unspecified atom stereocenters. The number of alkyl halides is 3. The van der Waals surface area contributed by atoms with E-state index in [1.165, 1.54) is 6.92 Å². The third kappa shape index (κ3) is 2.40. The van der Waals surface area contributed by atoms with Crippen molar-refractivity contribution in [3.63, 3.8) is 0 Å². The van der Waals surface area contributed by atoms with E-state index >= 15 is 0 Å². The number of hydrogen-bond acceptors (Lipinski definition) is 2. The summed E-state index contributed by atoms with van der Waals surface area (Å²) in [5, 5.41) is 3.87. The lowest BCUT2D eigenvalue weighted by Crippen LogP contribution is -2.40. The lowest BCUT2D eigenvalue weighted by Gasteiger charge is -2.25. The molecule has 1 aromatic rings. The summed E-state index contributed by atoms with van der Waals surface area (Å²) in [6.07, 6.45) is -4.41. The molecule has 0 bridgehead atoms. The van der Waals surface area contributed by atoms with Crippen LogP contribution in [0.15, 0.2) is 4.47 Å². The SMILES string of the molecule is Cc1nn(C(C(C)N)C(F)(F)F)c(C)c1Br. The maximum Gasteiger partial charge on any atom is 0.412 e. The van der Waals surface area contributed by atoms with Gasteiger partial charge in [-0.15, -0.1) is 0 Å². The molecule has 16 heavy (non-hydrogen) atoms. The molecule has 0 saturated carbocycles. The molecule has 0 fully saturated rings. The highest BCUT2D eigenvalue weighted by atomic mass is 79.9. The summed E-state index contributed by atoms with van der Waals surface area (Å²) in [6.45, 7) is 4.54. The number of aromatic nitrogens is 2. The topological polar surface area (TPSA) is 43.8 Å². The Bertz CT molecular complexity index is 384. The Kier molecular flexibility index (Phi) is 3.69. The summed E-state index contributed by atoms with van der Waals surface area (Å²) < 4.78 is 40.0. The number of nitrogens with two attached hydrogens (primary N) is 1. The van der Waals surface area contributed by atoms with Gasteiger partial charge in [0.1, 0.15) is 0 Å². The molecule has 1 heterocycles. The molecule has 3 nitrogen and oxygen atoms in total. The van der Waals surface area contributed by atoms with Crippen molar-refractivity contribution in [1.82, 2.24) is 9.78 Å². The summed E-state index contributed by atoms with van der Waals surface area (Å²) in [6, 6.07) is -2.85. The van der Waals surface area contributed by atoms with E-state index in [4.69, 9.17) is 5.73 Å². The second-order valence-electron chi connectivity index (χ2n) is 3.77. The third-order valence-corrected chi connectivity index (χ3v) is 3.48. The predicted octanol–water partition coefficient (Wildman–Crippen LogP) is 2.71. The first kappa shape index (κ1) is 13.5. The van der Waals surface area contributed by atoms with Crippen molar-refractivity contribution in [2.24, 2.45) is 5.73 Å². The van der Waals surface area contributed by atoms with Crippen LogP contribution in [0.3, 0.4) is 0 Å².